The Labute approximate surface area is 139 Å². The van der Waals surface area contributed by atoms with E-state index in [1.807, 2.05) is 24.3 Å². The van der Waals surface area contributed by atoms with Gasteiger partial charge in [-0.05, 0) is 35.4 Å². The summed E-state index contributed by atoms with van der Waals surface area (Å²) in [4.78, 5) is 0. The molecule has 2 aromatic carbocycles. The molecule has 0 fully saturated rings. The molecule has 0 bridgehead atoms. The maximum absolute atomic E-state index is 9.11. The molecule has 16 heavy (non-hydrogen) atoms. The predicted molar refractivity (Wildman–Crippen MR) is 69.5 cm³/mol. The van der Waals surface area contributed by atoms with Gasteiger partial charge in [0.2, 0.25) is 0 Å². The van der Waals surface area contributed by atoms with Crippen molar-refractivity contribution in [3.63, 3.8) is 0 Å². The summed E-state index contributed by atoms with van der Waals surface area (Å²) in [6, 6.07) is 13.9. The van der Waals surface area contributed by atoms with Crippen molar-refractivity contribution in [2.24, 2.45) is 0 Å². The Morgan fingerprint density at radius 3 is 1.00 bits per heavy atom. The fourth-order valence-electron chi connectivity index (χ4n) is 1.31. The first kappa shape index (κ1) is 16.0. The number of phenols is 2. The van der Waals surface area contributed by atoms with E-state index in [1.54, 1.807) is 24.3 Å². The van der Waals surface area contributed by atoms with Crippen molar-refractivity contribution in [1.29, 1.82) is 0 Å². The fraction of sp³-hybridized carbons (Fsp3) is 0. The van der Waals surface area contributed by atoms with Gasteiger partial charge in [0.15, 0.2) is 0 Å². The van der Waals surface area contributed by atoms with Crippen molar-refractivity contribution in [2.75, 3.05) is 0 Å². The summed E-state index contributed by atoms with van der Waals surface area (Å²) in [6.45, 7) is 0. The molecule has 0 radical (unpaired) electrons. The van der Waals surface area contributed by atoms with Crippen LogP contribution in [0.1, 0.15) is 0 Å². The SMILES string of the molecule is Oc1ccc(-c2ccc(O)cc2)cc1.[NaH].[NaH]. The van der Waals surface area contributed by atoms with Crippen LogP contribution in [-0.2, 0) is 0 Å². The van der Waals surface area contributed by atoms with Gasteiger partial charge in [-0.2, -0.15) is 0 Å². The molecule has 0 saturated heterocycles. The van der Waals surface area contributed by atoms with Gasteiger partial charge in [-0.25, -0.2) is 0 Å². The summed E-state index contributed by atoms with van der Waals surface area (Å²) in [5.41, 5.74) is 2.03. The molecule has 0 heterocycles. The van der Waals surface area contributed by atoms with Crippen LogP contribution < -0.4 is 0 Å². The predicted octanol–water partition coefficient (Wildman–Crippen LogP) is 1.47. The maximum atomic E-state index is 9.11. The number of hydrogen-bond acceptors (Lipinski definition) is 2. The second kappa shape index (κ2) is 7.38. The monoisotopic (exact) mass is 234 g/mol. The van der Waals surface area contributed by atoms with Crippen molar-refractivity contribution in [2.45, 2.75) is 0 Å². The number of benzene rings is 2. The number of hydrogen-bond donors (Lipinski definition) is 2. The third kappa shape index (κ3) is 4.13. The number of phenolic OH excluding ortho intramolecular Hbond substituents is 2. The van der Waals surface area contributed by atoms with E-state index in [9.17, 15) is 0 Å². The quantitative estimate of drug-likeness (QED) is 0.733. The van der Waals surface area contributed by atoms with Crippen LogP contribution in [0, 0.1) is 0 Å². The first-order valence-corrected chi connectivity index (χ1v) is 4.34. The molecule has 0 aliphatic heterocycles. The normalized spacial score (nSPS) is 8.75. The Hall–Kier alpha value is 0.0400. The first-order valence-electron chi connectivity index (χ1n) is 4.34. The van der Waals surface area contributed by atoms with Gasteiger partial charge in [-0.1, -0.05) is 24.3 Å². The van der Waals surface area contributed by atoms with Gasteiger partial charge in [-0.3, -0.25) is 0 Å². The standard InChI is InChI=1S/C12H10O2.2Na.2H/c13-11-5-1-9(2-6-11)10-3-7-12(14)8-4-10;;;;/h1-8,13-14H;;;;. The first-order chi connectivity index (χ1) is 6.75. The van der Waals surface area contributed by atoms with Crippen LogP contribution in [0.5, 0.6) is 11.5 Å². The minimum absolute atomic E-state index is 0. The zero-order valence-corrected chi connectivity index (χ0v) is 7.51. The van der Waals surface area contributed by atoms with Crippen LogP contribution in [0.15, 0.2) is 48.5 Å². The third-order valence-corrected chi connectivity index (χ3v) is 2.07. The second-order valence-corrected chi connectivity index (χ2v) is 3.09. The Morgan fingerprint density at radius 1 is 0.500 bits per heavy atom. The molecule has 4 heteroatoms. The fourth-order valence-corrected chi connectivity index (χ4v) is 1.31. The van der Waals surface area contributed by atoms with E-state index < -0.39 is 0 Å². The Kier molecular flexibility index (Phi) is 7.40. The molecule has 2 aromatic rings. The van der Waals surface area contributed by atoms with Gasteiger partial charge in [0.1, 0.15) is 11.5 Å². The van der Waals surface area contributed by atoms with Crippen LogP contribution in [0.3, 0.4) is 0 Å². The van der Waals surface area contributed by atoms with Crippen molar-refractivity contribution >= 4 is 59.1 Å². The Morgan fingerprint density at radius 2 is 0.750 bits per heavy atom. The minimum atomic E-state index is 0. The van der Waals surface area contributed by atoms with Gasteiger partial charge in [0, 0.05) is 0 Å². The molecule has 2 nitrogen and oxygen atoms in total. The molecule has 0 aliphatic rings. The van der Waals surface area contributed by atoms with Gasteiger partial charge in [-0.15, -0.1) is 0 Å². The molecule has 0 aromatic heterocycles. The van der Waals surface area contributed by atoms with Crippen LogP contribution in [0.25, 0.3) is 11.1 Å². The van der Waals surface area contributed by atoms with E-state index in [1.165, 1.54) is 0 Å². The van der Waals surface area contributed by atoms with Gasteiger partial charge in [0.05, 0.1) is 0 Å². The van der Waals surface area contributed by atoms with E-state index in [-0.39, 0.29) is 70.6 Å². The topological polar surface area (TPSA) is 40.5 Å². The zero-order chi connectivity index (χ0) is 9.97. The third-order valence-electron chi connectivity index (χ3n) is 2.07. The van der Waals surface area contributed by atoms with Crippen LogP contribution in [0.2, 0.25) is 0 Å². The molecule has 2 rings (SSSR count). The molecule has 0 atom stereocenters. The molecule has 0 amide bonds. The summed E-state index contributed by atoms with van der Waals surface area (Å²) in [7, 11) is 0. The Balaban J connectivity index is 0.00000112. The van der Waals surface area contributed by atoms with E-state index in [0.717, 1.165) is 11.1 Å². The molecular weight excluding hydrogens is 222 g/mol. The molecule has 2 N–H and O–H groups in total. The summed E-state index contributed by atoms with van der Waals surface area (Å²) < 4.78 is 0. The van der Waals surface area contributed by atoms with Crippen LogP contribution in [0.4, 0.5) is 0 Å². The number of rotatable bonds is 1. The average Bonchev–Trinajstić information content (AvgIpc) is 2.21. The second-order valence-electron chi connectivity index (χ2n) is 3.09. The molecule has 0 spiro atoms. The van der Waals surface area contributed by atoms with E-state index in [4.69, 9.17) is 10.2 Å². The van der Waals surface area contributed by atoms with E-state index in [2.05, 4.69) is 0 Å². The Bertz CT molecular complexity index is 380. The number of aromatic hydroxyl groups is 2. The summed E-state index contributed by atoms with van der Waals surface area (Å²) in [5.74, 6) is 0.514. The summed E-state index contributed by atoms with van der Waals surface area (Å²) >= 11 is 0. The van der Waals surface area contributed by atoms with Gasteiger partial charge >= 0.3 is 59.1 Å². The van der Waals surface area contributed by atoms with Gasteiger partial charge in [0.25, 0.3) is 0 Å². The zero-order valence-electron chi connectivity index (χ0n) is 7.51. The molecule has 0 unspecified atom stereocenters. The molecule has 74 valence electrons. The molecule has 0 aliphatic carbocycles. The van der Waals surface area contributed by atoms with Crippen LogP contribution in [-0.4, -0.2) is 69.3 Å². The average molecular weight is 234 g/mol. The van der Waals surface area contributed by atoms with E-state index >= 15 is 0 Å². The summed E-state index contributed by atoms with van der Waals surface area (Å²) in [6.07, 6.45) is 0. The van der Waals surface area contributed by atoms with Crippen molar-refractivity contribution in [3.8, 4) is 22.6 Å². The van der Waals surface area contributed by atoms with Crippen molar-refractivity contribution in [3.05, 3.63) is 48.5 Å². The molecule has 0 saturated carbocycles. The van der Waals surface area contributed by atoms with Crippen molar-refractivity contribution < 1.29 is 10.2 Å². The van der Waals surface area contributed by atoms with Crippen LogP contribution >= 0.6 is 0 Å². The van der Waals surface area contributed by atoms with Gasteiger partial charge < -0.3 is 10.2 Å². The van der Waals surface area contributed by atoms with Crippen molar-refractivity contribution in [1.82, 2.24) is 0 Å². The van der Waals surface area contributed by atoms with E-state index in [0.29, 0.717) is 0 Å². The molecular formula is C12H12Na2O2. The summed E-state index contributed by atoms with van der Waals surface area (Å²) in [5, 5.41) is 18.2.